The summed E-state index contributed by atoms with van der Waals surface area (Å²) in [5.41, 5.74) is 3.20. The van der Waals surface area contributed by atoms with Gasteiger partial charge in [-0.05, 0) is 44.9 Å². The van der Waals surface area contributed by atoms with Gasteiger partial charge in [-0.3, -0.25) is 0 Å². The van der Waals surface area contributed by atoms with Gasteiger partial charge in [0.2, 0.25) is 0 Å². The smallest absolute Gasteiger partial charge is 0.0648 e. The van der Waals surface area contributed by atoms with Crippen LogP contribution >= 0.6 is 0 Å². The molecule has 0 radical (unpaired) electrons. The number of hydrogen-bond donors (Lipinski definition) is 1. The van der Waals surface area contributed by atoms with Crippen molar-refractivity contribution in [1.82, 2.24) is 15.5 Å². The predicted octanol–water partition coefficient (Wildman–Crippen LogP) is 2.71. The normalized spacial score (nSPS) is 12.4. The maximum atomic E-state index is 4.17. The zero-order valence-electron chi connectivity index (χ0n) is 10.5. The molecule has 1 N–H and O–H groups in total. The lowest BCUT2D eigenvalue weighted by molar-refractivity contribution is 0.531. The van der Waals surface area contributed by atoms with Crippen LogP contribution in [0.3, 0.4) is 0 Å². The summed E-state index contributed by atoms with van der Waals surface area (Å²) >= 11 is 0. The Balaban J connectivity index is 2.90. The highest BCUT2D eigenvalue weighted by Crippen LogP contribution is 2.19. The van der Waals surface area contributed by atoms with E-state index in [0.29, 0.717) is 6.04 Å². The molecule has 0 saturated heterocycles. The Morgan fingerprint density at radius 1 is 1.44 bits per heavy atom. The molecule has 3 nitrogen and oxygen atoms in total. The lowest BCUT2D eigenvalue weighted by Crippen LogP contribution is -2.23. The number of nitrogens with zero attached hydrogens (tertiary/aromatic N) is 2. The molecule has 3 heteroatoms. The van der Waals surface area contributed by atoms with Crippen molar-refractivity contribution in [3.05, 3.63) is 35.7 Å². The lowest BCUT2D eigenvalue weighted by Gasteiger charge is -2.18. The molecule has 1 atom stereocenters. The summed E-state index contributed by atoms with van der Waals surface area (Å²) in [6.07, 6.45) is 4.00. The molecule has 0 amide bonds. The molecule has 0 fully saturated rings. The molecule has 1 aromatic heterocycles. The number of aromatic nitrogens is 2. The van der Waals surface area contributed by atoms with Gasteiger partial charge in [-0.15, -0.1) is 6.58 Å². The van der Waals surface area contributed by atoms with E-state index >= 15 is 0 Å². The van der Waals surface area contributed by atoms with Crippen molar-refractivity contribution in [2.75, 3.05) is 6.54 Å². The molecule has 0 aliphatic rings. The molecule has 0 aliphatic heterocycles. The summed E-state index contributed by atoms with van der Waals surface area (Å²) in [6, 6.07) is 2.42. The second kappa shape index (κ2) is 6.38. The molecule has 0 aromatic carbocycles. The molecule has 1 unspecified atom stereocenters. The van der Waals surface area contributed by atoms with Crippen LogP contribution in [-0.4, -0.2) is 16.7 Å². The zero-order valence-corrected chi connectivity index (χ0v) is 10.5. The largest absolute Gasteiger partial charge is 0.310 e. The fourth-order valence-corrected chi connectivity index (χ4v) is 1.73. The van der Waals surface area contributed by atoms with E-state index in [2.05, 4.69) is 35.1 Å². The SMILES string of the molecule is C=CCC(NCCC)c1cc(C)nnc1C. The fourth-order valence-electron chi connectivity index (χ4n) is 1.73. The van der Waals surface area contributed by atoms with Gasteiger partial charge in [-0.2, -0.15) is 10.2 Å². The molecule has 1 aromatic rings. The van der Waals surface area contributed by atoms with E-state index in [1.165, 1.54) is 5.56 Å². The second-order valence-electron chi connectivity index (χ2n) is 4.06. The van der Waals surface area contributed by atoms with E-state index in [-0.39, 0.29) is 0 Å². The minimum atomic E-state index is 0.312. The summed E-state index contributed by atoms with van der Waals surface area (Å²) in [7, 11) is 0. The third-order valence-corrected chi connectivity index (χ3v) is 2.56. The molecule has 1 heterocycles. The standard InChI is InChI=1S/C13H21N3/c1-5-7-13(14-8-6-2)12-9-10(3)15-16-11(12)4/h5,9,13-14H,1,6-8H2,2-4H3. The van der Waals surface area contributed by atoms with Gasteiger partial charge in [-0.1, -0.05) is 13.0 Å². The summed E-state index contributed by atoms with van der Waals surface area (Å²) in [6.45, 7) is 11.0. The van der Waals surface area contributed by atoms with Crippen molar-refractivity contribution >= 4 is 0 Å². The van der Waals surface area contributed by atoms with Gasteiger partial charge in [0.15, 0.2) is 0 Å². The average Bonchev–Trinajstić information content (AvgIpc) is 2.28. The molecule has 0 spiro atoms. The molecule has 0 aliphatic carbocycles. The number of aryl methyl sites for hydroxylation is 2. The van der Waals surface area contributed by atoms with Crippen LogP contribution in [0, 0.1) is 13.8 Å². The minimum absolute atomic E-state index is 0.312. The van der Waals surface area contributed by atoms with Crippen molar-refractivity contribution in [3.63, 3.8) is 0 Å². The van der Waals surface area contributed by atoms with Crippen molar-refractivity contribution < 1.29 is 0 Å². The van der Waals surface area contributed by atoms with E-state index in [1.807, 2.05) is 19.9 Å². The predicted molar refractivity (Wildman–Crippen MR) is 67.4 cm³/mol. The number of hydrogen-bond acceptors (Lipinski definition) is 3. The van der Waals surface area contributed by atoms with E-state index in [0.717, 1.165) is 30.8 Å². The Labute approximate surface area is 98.0 Å². The van der Waals surface area contributed by atoms with Crippen molar-refractivity contribution in [2.45, 2.75) is 39.7 Å². The summed E-state index contributed by atoms with van der Waals surface area (Å²) < 4.78 is 0. The van der Waals surface area contributed by atoms with Crippen LogP contribution in [0.2, 0.25) is 0 Å². The number of rotatable bonds is 6. The highest BCUT2D eigenvalue weighted by atomic mass is 15.1. The van der Waals surface area contributed by atoms with E-state index in [4.69, 9.17) is 0 Å². The van der Waals surface area contributed by atoms with Crippen molar-refractivity contribution in [2.24, 2.45) is 0 Å². The highest BCUT2D eigenvalue weighted by molar-refractivity contribution is 5.24. The van der Waals surface area contributed by atoms with Gasteiger partial charge < -0.3 is 5.32 Å². The van der Waals surface area contributed by atoms with Crippen LogP contribution in [0.5, 0.6) is 0 Å². The Kier molecular flexibility index (Phi) is 5.12. The maximum Gasteiger partial charge on any atom is 0.0648 e. The molecular weight excluding hydrogens is 198 g/mol. The molecule has 0 bridgehead atoms. The van der Waals surface area contributed by atoms with E-state index < -0.39 is 0 Å². The van der Waals surface area contributed by atoms with Crippen molar-refractivity contribution in [3.8, 4) is 0 Å². The Morgan fingerprint density at radius 2 is 2.19 bits per heavy atom. The van der Waals surface area contributed by atoms with Crippen molar-refractivity contribution in [1.29, 1.82) is 0 Å². The van der Waals surface area contributed by atoms with Crippen LogP contribution in [0.4, 0.5) is 0 Å². The fraction of sp³-hybridized carbons (Fsp3) is 0.538. The monoisotopic (exact) mass is 219 g/mol. The van der Waals surface area contributed by atoms with Crippen LogP contribution in [0.15, 0.2) is 18.7 Å². The highest BCUT2D eigenvalue weighted by Gasteiger charge is 2.12. The molecule has 1 rings (SSSR count). The maximum absolute atomic E-state index is 4.17. The summed E-state index contributed by atoms with van der Waals surface area (Å²) in [5, 5.41) is 11.7. The lowest BCUT2D eigenvalue weighted by atomic mass is 10.0. The van der Waals surface area contributed by atoms with E-state index in [9.17, 15) is 0 Å². The first-order chi connectivity index (χ1) is 7.69. The molecule has 16 heavy (non-hydrogen) atoms. The number of nitrogens with one attached hydrogen (secondary N) is 1. The minimum Gasteiger partial charge on any atom is -0.310 e. The zero-order chi connectivity index (χ0) is 12.0. The van der Waals surface area contributed by atoms with Gasteiger partial charge >= 0.3 is 0 Å². The van der Waals surface area contributed by atoms with Gasteiger partial charge in [0.1, 0.15) is 0 Å². The first kappa shape index (κ1) is 12.8. The van der Waals surface area contributed by atoms with Crippen LogP contribution in [-0.2, 0) is 0 Å². The van der Waals surface area contributed by atoms with Crippen LogP contribution in [0.25, 0.3) is 0 Å². The third kappa shape index (κ3) is 3.42. The van der Waals surface area contributed by atoms with Crippen LogP contribution < -0.4 is 5.32 Å². The Hall–Kier alpha value is -1.22. The third-order valence-electron chi connectivity index (χ3n) is 2.56. The quantitative estimate of drug-likeness (QED) is 0.747. The molecular formula is C13H21N3. The van der Waals surface area contributed by atoms with Gasteiger partial charge in [0.05, 0.1) is 11.4 Å². The molecule has 88 valence electrons. The second-order valence-corrected chi connectivity index (χ2v) is 4.06. The van der Waals surface area contributed by atoms with Gasteiger partial charge in [-0.25, -0.2) is 0 Å². The first-order valence-electron chi connectivity index (χ1n) is 5.84. The summed E-state index contributed by atoms with van der Waals surface area (Å²) in [5.74, 6) is 0. The summed E-state index contributed by atoms with van der Waals surface area (Å²) in [4.78, 5) is 0. The van der Waals surface area contributed by atoms with Gasteiger partial charge in [0.25, 0.3) is 0 Å². The van der Waals surface area contributed by atoms with Crippen LogP contribution in [0.1, 0.15) is 42.8 Å². The Bertz CT molecular complexity index is 347. The Morgan fingerprint density at radius 3 is 2.81 bits per heavy atom. The average molecular weight is 219 g/mol. The molecule has 0 saturated carbocycles. The topological polar surface area (TPSA) is 37.8 Å². The first-order valence-corrected chi connectivity index (χ1v) is 5.84. The van der Waals surface area contributed by atoms with E-state index in [1.54, 1.807) is 0 Å². The van der Waals surface area contributed by atoms with Gasteiger partial charge in [0, 0.05) is 6.04 Å².